The summed E-state index contributed by atoms with van der Waals surface area (Å²) in [4.78, 5) is 19.8. The zero-order valence-corrected chi connectivity index (χ0v) is 20.9. The molecule has 3 atom stereocenters. The first-order valence-electron chi connectivity index (χ1n) is 11.4. The Kier molecular flexibility index (Phi) is 7.62. The van der Waals surface area contributed by atoms with E-state index in [1.54, 1.807) is 18.2 Å². The number of aryl methyl sites for hydroxylation is 2. The van der Waals surface area contributed by atoms with Crippen molar-refractivity contribution in [1.82, 2.24) is 24.1 Å². The van der Waals surface area contributed by atoms with Gasteiger partial charge in [-0.05, 0) is 43.4 Å². The number of imidazole rings is 1. The topological polar surface area (TPSA) is 87.5 Å². The summed E-state index contributed by atoms with van der Waals surface area (Å²) in [7, 11) is 1.40. The molecule has 3 rings (SSSR count). The van der Waals surface area contributed by atoms with Crippen molar-refractivity contribution in [3.8, 4) is 0 Å². The number of nitrogens with one attached hydrogen (secondary N) is 1. The van der Waals surface area contributed by atoms with E-state index < -0.39 is 10.0 Å². The van der Waals surface area contributed by atoms with Gasteiger partial charge in [0, 0.05) is 59.7 Å². The van der Waals surface area contributed by atoms with Crippen LogP contribution in [0, 0.1) is 11.8 Å². The molecule has 1 amide bonds. The van der Waals surface area contributed by atoms with Crippen LogP contribution in [0.15, 0.2) is 23.1 Å². The molecule has 1 aromatic heterocycles. The minimum Gasteiger partial charge on any atom is -0.352 e. The number of aromatic nitrogens is 2. The van der Waals surface area contributed by atoms with Crippen molar-refractivity contribution in [2.45, 2.75) is 51.0 Å². The molecule has 3 unspecified atom stereocenters. The van der Waals surface area contributed by atoms with Gasteiger partial charge in [0.25, 0.3) is 0 Å². The third kappa shape index (κ3) is 5.68. The molecule has 32 heavy (non-hydrogen) atoms. The number of benzene rings is 1. The van der Waals surface area contributed by atoms with Crippen molar-refractivity contribution in [3.63, 3.8) is 0 Å². The fourth-order valence-electron chi connectivity index (χ4n) is 4.77. The van der Waals surface area contributed by atoms with Crippen LogP contribution in [0.5, 0.6) is 0 Å². The summed E-state index contributed by atoms with van der Waals surface area (Å²) < 4.78 is 27.9. The van der Waals surface area contributed by atoms with E-state index in [9.17, 15) is 13.2 Å². The molecule has 0 aliphatic carbocycles. The molecule has 1 N–H and O–H groups in total. The number of piperidine rings is 1. The molecule has 0 radical (unpaired) electrons. The fourth-order valence-corrected chi connectivity index (χ4v) is 5.69. The minimum atomic E-state index is -3.51. The fraction of sp³-hybridized carbons (Fsp3) is 0.652. The Balaban J connectivity index is 1.59. The average molecular weight is 464 g/mol. The Morgan fingerprint density at radius 3 is 2.53 bits per heavy atom. The Bertz CT molecular complexity index is 1050. The van der Waals surface area contributed by atoms with Crippen LogP contribution in [0.4, 0.5) is 0 Å². The highest BCUT2D eigenvalue weighted by Gasteiger charge is 2.23. The van der Waals surface area contributed by atoms with E-state index in [0.717, 1.165) is 31.0 Å². The second-order valence-electron chi connectivity index (χ2n) is 9.66. The highest BCUT2D eigenvalue weighted by Crippen LogP contribution is 2.22. The SMILES string of the molecule is CC1CC(C)CN(CC(C)NC(=O)CCc2nc3cc(S(=O)(=O)N(C)C)ccc3n2C)C1. The van der Waals surface area contributed by atoms with Crippen molar-refractivity contribution >= 4 is 27.0 Å². The lowest BCUT2D eigenvalue weighted by Crippen LogP contribution is -2.47. The molecule has 178 valence electrons. The van der Waals surface area contributed by atoms with E-state index in [-0.39, 0.29) is 16.8 Å². The lowest BCUT2D eigenvalue weighted by Gasteiger charge is -2.36. The van der Waals surface area contributed by atoms with Crippen molar-refractivity contribution in [1.29, 1.82) is 0 Å². The molecule has 0 saturated carbocycles. The second-order valence-corrected chi connectivity index (χ2v) is 11.8. The van der Waals surface area contributed by atoms with Gasteiger partial charge >= 0.3 is 0 Å². The Labute approximate surface area is 192 Å². The standard InChI is InChI=1S/C23H37N5O3S/c1-16-11-17(2)14-28(13-16)15-18(3)24-23(29)10-9-22-25-20-12-19(32(30,31)26(4)5)7-8-21(20)27(22)6/h7-8,12,16-18H,9-11,13-15H2,1-6H3,(H,24,29). The van der Waals surface area contributed by atoms with E-state index >= 15 is 0 Å². The number of carbonyl (C=O) groups excluding carboxylic acids is 1. The molecule has 1 fully saturated rings. The summed E-state index contributed by atoms with van der Waals surface area (Å²) in [5.41, 5.74) is 1.47. The van der Waals surface area contributed by atoms with E-state index in [4.69, 9.17) is 0 Å². The second kappa shape index (κ2) is 9.89. The number of carbonyl (C=O) groups is 1. The number of hydrogen-bond donors (Lipinski definition) is 1. The lowest BCUT2D eigenvalue weighted by molar-refractivity contribution is -0.121. The molecule has 8 nitrogen and oxygen atoms in total. The zero-order chi connectivity index (χ0) is 23.6. The molecule has 1 aliphatic heterocycles. The third-order valence-corrected chi connectivity index (χ3v) is 7.99. The molecular formula is C23H37N5O3S. The van der Waals surface area contributed by atoms with Gasteiger partial charge in [0.1, 0.15) is 5.82 Å². The van der Waals surface area contributed by atoms with Gasteiger partial charge in [-0.3, -0.25) is 4.79 Å². The van der Waals surface area contributed by atoms with Gasteiger partial charge in [-0.15, -0.1) is 0 Å². The number of sulfonamides is 1. The van der Waals surface area contributed by atoms with Crippen LogP contribution in [0.25, 0.3) is 11.0 Å². The van der Waals surface area contributed by atoms with Crippen LogP contribution in [0.2, 0.25) is 0 Å². The summed E-state index contributed by atoms with van der Waals surface area (Å²) in [6.45, 7) is 9.70. The highest BCUT2D eigenvalue weighted by molar-refractivity contribution is 7.89. The van der Waals surface area contributed by atoms with Gasteiger partial charge in [0.2, 0.25) is 15.9 Å². The summed E-state index contributed by atoms with van der Waals surface area (Å²) in [6.07, 6.45) is 2.12. The van der Waals surface area contributed by atoms with Crippen LogP contribution in [0.3, 0.4) is 0 Å². The number of hydrogen-bond acceptors (Lipinski definition) is 5. The Morgan fingerprint density at radius 2 is 1.91 bits per heavy atom. The van der Waals surface area contributed by atoms with E-state index in [2.05, 4.69) is 36.0 Å². The smallest absolute Gasteiger partial charge is 0.242 e. The van der Waals surface area contributed by atoms with Gasteiger partial charge in [-0.1, -0.05) is 13.8 Å². The molecule has 9 heteroatoms. The predicted molar refractivity (Wildman–Crippen MR) is 127 cm³/mol. The molecule has 1 aliphatic rings. The normalized spacial score (nSPS) is 21.2. The average Bonchev–Trinajstić information content (AvgIpc) is 3.00. The highest BCUT2D eigenvalue weighted by atomic mass is 32.2. The van der Waals surface area contributed by atoms with Crippen molar-refractivity contribution in [2.24, 2.45) is 18.9 Å². The van der Waals surface area contributed by atoms with E-state index in [0.29, 0.717) is 30.2 Å². The molecule has 0 bridgehead atoms. The van der Waals surface area contributed by atoms with Crippen LogP contribution in [-0.2, 0) is 28.3 Å². The largest absolute Gasteiger partial charge is 0.352 e. The molecule has 2 aromatic rings. The molecule has 2 heterocycles. The van der Waals surface area contributed by atoms with Gasteiger partial charge in [-0.25, -0.2) is 17.7 Å². The number of nitrogens with zero attached hydrogens (tertiary/aromatic N) is 4. The van der Waals surface area contributed by atoms with Crippen LogP contribution < -0.4 is 5.32 Å². The maximum Gasteiger partial charge on any atom is 0.242 e. The van der Waals surface area contributed by atoms with Crippen molar-refractivity contribution in [3.05, 3.63) is 24.0 Å². The maximum atomic E-state index is 12.5. The maximum absolute atomic E-state index is 12.5. The predicted octanol–water partition coefficient (Wildman–Crippen LogP) is 2.24. The Morgan fingerprint density at radius 1 is 1.25 bits per heavy atom. The molecule has 1 aromatic carbocycles. The first-order chi connectivity index (χ1) is 15.0. The molecular weight excluding hydrogens is 426 g/mol. The number of fused-ring (bicyclic) bond motifs is 1. The third-order valence-electron chi connectivity index (χ3n) is 6.18. The van der Waals surface area contributed by atoms with Gasteiger partial charge < -0.3 is 14.8 Å². The summed E-state index contributed by atoms with van der Waals surface area (Å²) in [5.74, 6) is 2.18. The van der Waals surface area contributed by atoms with Gasteiger partial charge in [-0.2, -0.15) is 0 Å². The molecule has 1 saturated heterocycles. The van der Waals surface area contributed by atoms with Gasteiger partial charge in [0.15, 0.2) is 0 Å². The van der Waals surface area contributed by atoms with E-state index in [1.165, 1.54) is 24.8 Å². The van der Waals surface area contributed by atoms with Crippen LogP contribution >= 0.6 is 0 Å². The van der Waals surface area contributed by atoms with Gasteiger partial charge in [0.05, 0.1) is 15.9 Å². The number of likely N-dealkylation sites (tertiary alicyclic amines) is 1. The summed E-state index contributed by atoms with van der Waals surface area (Å²) in [6, 6.07) is 5.06. The Hall–Kier alpha value is -1.97. The molecule has 0 spiro atoms. The quantitative estimate of drug-likeness (QED) is 0.649. The minimum absolute atomic E-state index is 0.0125. The monoisotopic (exact) mass is 463 g/mol. The first kappa shape index (κ1) is 24.7. The number of amides is 1. The van der Waals surface area contributed by atoms with Crippen LogP contribution in [-0.4, -0.2) is 72.9 Å². The lowest BCUT2D eigenvalue weighted by atomic mass is 9.92. The number of rotatable bonds is 8. The van der Waals surface area contributed by atoms with E-state index in [1.807, 2.05) is 11.6 Å². The first-order valence-corrected chi connectivity index (χ1v) is 12.8. The zero-order valence-electron chi connectivity index (χ0n) is 20.1. The summed E-state index contributed by atoms with van der Waals surface area (Å²) >= 11 is 0. The summed E-state index contributed by atoms with van der Waals surface area (Å²) in [5, 5.41) is 3.12. The van der Waals surface area contributed by atoms with Crippen LogP contribution in [0.1, 0.15) is 39.4 Å². The van der Waals surface area contributed by atoms with Crippen molar-refractivity contribution in [2.75, 3.05) is 33.7 Å². The van der Waals surface area contributed by atoms with Crippen molar-refractivity contribution < 1.29 is 13.2 Å².